The lowest BCUT2D eigenvalue weighted by Gasteiger charge is -2.02. The highest BCUT2D eigenvalue weighted by atomic mass is 79.9. The van der Waals surface area contributed by atoms with Gasteiger partial charge in [0.2, 0.25) is 0 Å². The molecule has 25 heavy (non-hydrogen) atoms. The predicted octanol–water partition coefficient (Wildman–Crippen LogP) is 4.02. The van der Waals surface area contributed by atoms with Crippen LogP contribution in [0, 0.1) is 6.92 Å². The number of hydrogen-bond acceptors (Lipinski definition) is 3. The highest BCUT2D eigenvalue weighted by molar-refractivity contribution is 9.10. The molecular formula is C19H18BrN3O2. The molecule has 128 valence electrons. The normalized spacial score (nSPS) is 11.2. The summed E-state index contributed by atoms with van der Waals surface area (Å²) in [6, 6.07) is 13.4. The largest absolute Gasteiger partial charge is 0.497 e. The van der Waals surface area contributed by atoms with Crippen molar-refractivity contribution >= 4 is 39.0 Å². The van der Waals surface area contributed by atoms with Crippen molar-refractivity contribution in [2.24, 2.45) is 12.1 Å². The van der Waals surface area contributed by atoms with Gasteiger partial charge in [-0.25, -0.2) is 5.43 Å². The number of ether oxygens (including phenoxy) is 1. The van der Waals surface area contributed by atoms with Crippen molar-refractivity contribution in [1.82, 2.24) is 9.99 Å². The first-order valence-corrected chi connectivity index (χ1v) is 8.52. The second kappa shape index (κ2) is 7.11. The van der Waals surface area contributed by atoms with Gasteiger partial charge >= 0.3 is 0 Å². The molecule has 2 aromatic carbocycles. The molecule has 0 unspecified atom stereocenters. The summed E-state index contributed by atoms with van der Waals surface area (Å²) < 4.78 is 8.26. The maximum Gasteiger partial charge on any atom is 0.273 e. The first-order valence-electron chi connectivity index (χ1n) is 7.73. The van der Waals surface area contributed by atoms with Gasteiger partial charge < -0.3 is 9.30 Å². The molecule has 1 N–H and O–H groups in total. The molecule has 3 aromatic rings. The number of carbonyl (C=O) groups is 1. The molecule has 1 aromatic heterocycles. The molecule has 0 bridgehead atoms. The molecule has 0 aliphatic carbocycles. The Balaban J connectivity index is 1.88. The van der Waals surface area contributed by atoms with Crippen molar-refractivity contribution in [2.45, 2.75) is 6.92 Å². The fraction of sp³-hybridized carbons (Fsp3) is 0.158. The molecule has 5 nitrogen and oxygen atoms in total. The highest BCUT2D eigenvalue weighted by Gasteiger charge is 2.18. The fourth-order valence-electron chi connectivity index (χ4n) is 2.73. The number of amides is 1. The summed E-state index contributed by atoms with van der Waals surface area (Å²) in [7, 11) is 3.55. The minimum Gasteiger partial charge on any atom is -0.497 e. The zero-order valence-electron chi connectivity index (χ0n) is 14.2. The minimum atomic E-state index is -0.246. The number of hydrogen-bond donors (Lipinski definition) is 1. The third-order valence-electron chi connectivity index (χ3n) is 4.18. The van der Waals surface area contributed by atoms with Gasteiger partial charge in [-0.3, -0.25) is 4.79 Å². The lowest BCUT2D eigenvalue weighted by Crippen LogP contribution is -2.18. The van der Waals surface area contributed by atoms with Crippen LogP contribution in [0.5, 0.6) is 5.75 Å². The lowest BCUT2D eigenvalue weighted by molar-refractivity contribution is 0.0956. The van der Waals surface area contributed by atoms with Crippen LogP contribution in [0.3, 0.4) is 0 Å². The number of benzene rings is 2. The van der Waals surface area contributed by atoms with Crippen molar-refractivity contribution in [2.75, 3.05) is 7.11 Å². The molecule has 0 aliphatic rings. The SMILES string of the molecule is COc1ccc2c(c1)c(C(=O)N/N=C/c1ccc(Br)cc1)c(C)n2C. The monoisotopic (exact) mass is 399 g/mol. The molecule has 0 fully saturated rings. The van der Waals surface area contributed by atoms with Gasteiger partial charge in [-0.05, 0) is 42.8 Å². The van der Waals surface area contributed by atoms with E-state index in [1.165, 1.54) is 0 Å². The van der Waals surface area contributed by atoms with Gasteiger partial charge in [0.05, 0.1) is 18.9 Å². The van der Waals surface area contributed by atoms with Crippen LogP contribution in [0.2, 0.25) is 0 Å². The van der Waals surface area contributed by atoms with E-state index in [9.17, 15) is 4.79 Å². The summed E-state index contributed by atoms with van der Waals surface area (Å²) in [5.41, 5.74) is 5.96. The van der Waals surface area contributed by atoms with Crippen LogP contribution in [0.1, 0.15) is 21.6 Å². The van der Waals surface area contributed by atoms with E-state index in [0.29, 0.717) is 11.3 Å². The summed E-state index contributed by atoms with van der Waals surface area (Å²) >= 11 is 3.39. The van der Waals surface area contributed by atoms with Crippen molar-refractivity contribution in [3.05, 3.63) is 63.8 Å². The number of hydrazone groups is 1. The number of nitrogens with one attached hydrogen (secondary N) is 1. The Morgan fingerprint density at radius 2 is 1.96 bits per heavy atom. The molecule has 0 saturated heterocycles. The third kappa shape index (κ3) is 3.44. The van der Waals surface area contributed by atoms with E-state index < -0.39 is 0 Å². The maximum absolute atomic E-state index is 12.7. The molecule has 0 spiro atoms. The summed E-state index contributed by atoms with van der Waals surface area (Å²) in [4.78, 5) is 12.7. The Kier molecular flexibility index (Phi) is 4.90. The number of nitrogens with zero attached hydrogens (tertiary/aromatic N) is 2. The Bertz CT molecular complexity index is 959. The standard InChI is InChI=1S/C19H18BrN3O2/c1-12-18(16-10-15(25-3)8-9-17(16)23(12)2)19(24)22-21-11-13-4-6-14(20)7-5-13/h4-11H,1-3H3,(H,22,24)/b21-11+. The lowest BCUT2D eigenvalue weighted by atomic mass is 10.1. The first-order chi connectivity index (χ1) is 12.0. The molecule has 3 rings (SSSR count). The van der Waals surface area contributed by atoms with Crippen LogP contribution >= 0.6 is 15.9 Å². The van der Waals surface area contributed by atoms with Gasteiger partial charge in [-0.15, -0.1) is 0 Å². The van der Waals surface area contributed by atoms with Crippen molar-refractivity contribution in [3.63, 3.8) is 0 Å². The maximum atomic E-state index is 12.7. The second-order valence-corrected chi connectivity index (χ2v) is 6.57. The van der Waals surface area contributed by atoms with E-state index in [1.54, 1.807) is 13.3 Å². The average Bonchev–Trinajstić information content (AvgIpc) is 2.87. The number of halogens is 1. The number of fused-ring (bicyclic) bond motifs is 1. The third-order valence-corrected chi connectivity index (χ3v) is 4.70. The molecule has 1 amide bonds. The van der Waals surface area contributed by atoms with E-state index in [1.807, 2.05) is 61.0 Å². The fourth-order valence-corrected chi connectivity index (χ4v) is 3.00. The molecule has 0 aliphatic heterocycles. The highest BCUT2D eigenvalue weighted by Crippen LogP contribution is 2.28. The number of aryl methyl sites for hydroxylation is 1. The Labute approximate surface area is 154 Å². The molecule has 0 saturated carbocycles. The van der Waals surface area contributed by atoms with Crippen LogP contribution < -0.4 is 10.2 Å². The quantitative estimate of drug-likeness (QED) is 0.531. The van der Waals surface area contributed by atoms with Gasteiger partial charge in [-0.1, -0.05) is 28.1 Å². The van der Waals surface area contributed by atoms with E-state index in [4.69, 9.17) is 4.74 Å². The van der Waals surface area contributed by atoms with Crippen molar-refractivity contribution < 1.29 is 9.53 Å². The van der Waals surface area contributed by atoms with Crippen molar-refractivity contribution in [1.29, 1.82) is 0 Å². The zero-order valence-corrected chi connectivity index (χ0v) is 15.8. The van der Waals surface area contributed by atoms with Crippen molar-refractivity contribution in [3.8, 4) is 5.75 Å². The number of methoxy groups -OCH3 is 1. The smallest absolute Gasteiger partial charge is 0.273 e. The second-order valence-electron chi connectivity index (χ2n) is 5.65. The van der Waals surface area contributed by atoms with Crippen LogP contribution in [0.15, 0.2) is 52.0 Å². The zero-order chi connectivity index (χ0) is 18.0. The Morgan fingerprint density at radius 3 is 2.64 bits per heavy atom. The molecule has 6 heteroatoms. The first kappa shape index (κ1) is 17.2. The number of carbonyl (C=O) groups excluding carboxylic acids is 1. The summed E-state index contributed by atoms with van der Waals surface area (Å²) in [6.45, 7) is 1.92. The van der Waals surface area contributed by atoms with Crippen LogP contribution in [-0.2, 0) is 7.05 Å². The molecular weight excluding hydrogens is 382 g/mol. The Hall–Kier alpha value is -2.60. The topological polar surface area (TPSA) is 55.6 Å². The van der Waals surface area contributed by atoms with Gasteiger partial charge in [0.25, 0.3) is 5.91 Å². The van der Waals surface area contributed by atoms with Gasteiger partial charge in [0, 0.05) is 28.1 Å². The van der Waals surface area contributed by atoms with Crippen LogP contribution in [0.4, 0.5) is 0 Å². The van der Waals surface area contributed by atoms with Crippen LogP contribution in [0.25, 0.3) is 10.9 Å². The average molecular weight is 400 g/mol. The molecule has 0 radical (unpaired) electrons. The number of aromatic nitrogens is 1. The summed E-state index contributed by atoms with van der Waals surface area (Å²) in [6.07, 6.45) is 1.62. The van der Waals surface area contributed by atoms with Gasteiger partial charge in [0.1, 0.15) is 5.75 Å². The Morgan fingerprint density at radius 1 is 1.24 bits per heavy atom. The molecule has 1 heterocycles. The van der Waals surface area contributed by atoms with E-state index >= 15 is 0 Å². The van der Waals surface area contributed by atoms with E-state index in [2.05, 4.69) is 26.5 Å². The van der Waals surface area contributed by atoms with E-state index in [-0.39, 0.29) is 5.91 Å². The molecule has 0 atom stereocenters. The van der Waals surface area contributed by atoms with E-state index in [0.717, 1.165) is 26.6 Å². The van der Waals surface area contributed by atoms with Gasteiger partial charge in [-0.2, -0.15) is 5.10 Å². The van der Waals surface area contributed by atoms with Gasteiger partial charge in [0.15, 0.2) is 0 Å². The van der Waals surface area contributed by atoms with Crippen LogP contribution in [-0.4, -0.2) is 23.8 Å². The summed E-state index contributed by atoms with van der Waals surface area (Å²) in [5.74, 6) is 0.468. The number of rotatable bonds is 4. The summed E-state index contributed by atoms with van der Waals surface area (Å²) in [5, 5.41) is 4.91. The predicted molar refractivity (Wildman–Crippen MR) is 103 cm³/mol. The minimum absolute atomic E-state index is 0.246.